The molecule has 7 aromatic rings. The predicted molar refractivity (Wildman–Crippen MR) is 151 cm³/mol. The Morgan fingerprint density at radius 2 is 1.19 bits per heavy atom. The largest absolute Gasteiger partial charge is 0.256 e. The predicted octanol–water partition coefficient (Wildman–Crippen LogP) is 8.94. The van der Waals surface area contributed by atoms with Crippen molar-refractivity contribution in [3.63, 3.8) is 0 Å². The molecule has 5 aromatic carbocycles. The molecule has 0 saturated carbocycles. The van der Waals surface area contributed by atoms with Gasteiger partial charge in [-0.05, 0) is 57.8 Å². The smallest absolute Gasteiger partial charge is 0.0722 e. The summed E-state index contributed by atoms with van der Waals surface area (Å²) in [5.74, 6) is 0. The molecule has 0 unspecified atom stereocenters. The maximum absolute atomic E-state index is 5.15. The van der Waals surface area contributed by atoms with Gasteiger partial charge in [-0.1, -0.05) is 97.1 Å². The molecule has 0 N–H and O–H groups in total. The van der Waals surface area contributed by atoms with E-state index in [1.54, 1.807) is 0 Å². The molecular weight excluding hydrogens is 436 g/mol. The van der Waals surface area contributed by atoms with Gasteiger partial charge in [0.2, 0.25) is 0 Å². The van der Waals surface area contributed by atoms with Crippen molar-refractivity contribution in [3.8, 4) is 33.5 Å². The summed E-state index contributed by atoms with van der Waals surface area (Å²) >= 11 is 0. The van der Waals surface area contributed by atoms with Crippen molar-refractivity contribution < 1.29 is 0 Å². The molecule has 2 aromatic heterocycles. The first kappa shape index (κ1) is 20.5. The molecule has 0 saturated heterocycles. The average molecular weight is 459 g/mol. The molecule has 0 aliphatic heterocycles. The maximum atomic E-state index is 5.15. The summed E-state index contributed by atoms with van der Waals surface area (Å²) in [6.07, 6.45) is 1.96. The van der Waals surface area contributed by atoms with Crippen molar-refractivity contribution in [3.05, 3.63) is 134 Å². The second-order valence-electron chi connectivity index (χ2n) is 9.10. The Morgan fingerprint density at radius 1 is 0.444 bits per heavy atom. The van der Waals surface area contributed by atoms with Gasteiger partial charge in [0.15, 0.2) is 0 Å². The fourth-order valence-electron chi connectivity index (χ4n) is 5.09. The fraction of sp³-hybridized carbons (Fsp3) is 0. The van der Waals surface area contributed by atoms with Crippen LogP contribution in [0, 0.1) is 0 Å². The Labute approximate surface area is 209 Å². The van der Waals surface area contributed by atoms with E-state index in [0.717, 1.165) is 38.8 Å². The number of para-hydroxylation sites is 1. The van der Waals surface area contributed by atoms with E-state index in [-0.39, 0.29) is 0 Å². The molecular formula is C34H22N2. The van der Waals surface area contributed by atoms with E-state index >= 15 is 0 Å². The average Bonchev–Trinajstić information content (AvgIpc) is 2.96. The van der Waals surface area contributed by atoms with Gasteiger partial charge >= 0.3 is 0 Å². The number of hydrogen-bond donors (Lipinski definition) is 0. The molecule has 0 fully saturated rings. The van der Waals surface area contributed by atoms with Gasteiger partial charge < -0.3 is 0 Å². The summed E-state index contributed by atoms with van der Waals surface area (Å²) in [5, 5.41) is 4.78. The Hall–Kier alpha value is -4.82. The number of benzene rings is 5. The SMILES string of the molecule is c1ccc(-c2cc(-c3cccc(-c4cnc5ccccc5c4)c3)nc3ccc4ccccc4c23)cc1. The zero-order valence-corrected chi connectivity index (χ0v) is 19.6. The van der Waals surface area contributed by atoms with E-state index in [1.807, 2.05) is 18.3 Å². The van der Waals surface area contributed by atoms with E-state index in [2.05, 4.69) is 120 Å². The highest BCUT2D eigenvalue weighted by Crippen LogP contribution is 2.37. The molecule has 0 amide bonds. The summed E-state index contributed by atoms with van der Waals surface area (Å²) in [6, 6.07) is 44.8. The zero-order chi connectivity index (χ0) is 23.9. The van der Waals surface area contributed by atoms with Crippen LogP contribution < -0.4 is 0 Å². The minimum absolute atomic E-state index is 0.965. The van der Waals surface area contributed by atoms with E-state index < -0.39 is 0 Å². The van der Waals surface area contributed by atoms with Crippen LogP contribution in [0.15, 0.2) is 134 Å². The molecule has 0 bridgehead atoms. The number of fused-ring (bicyclic) bond motifs is 4. The Kier molecular flexibility index (Phi) is 4.82. The first-order valence-corrected chi connectivity index (χ1v) is 12.2. The fourth-order valence-corrected chi connectivity index (χ4v) is 5.09. The molecule has 0 atom stereocenters. The summed E-state index contributed by atoms with van der Waals surface area (Å²) in [7, 11) is 0. The summed E-state index contributed by atoms with van der Waals surface area (Å²) in [4.78, 5) is 9.82. The minimum atomic E-state index is 0.965. The van der Waals surface area contributed by atoms with Crippen LogP contribution in [-0.4, -0.2) is 9.97 Å². The number of aromatic nitrogens is 2. The van der Waals surface area contributed by atoms with Crippen LogP contribution in [0.5, 0.6) is 0 Å². The third kappa shape index (κ3) is 3.52. The van der Waals surface area contributed by atoms with Crippen molar-refractivity contribution in [1.82, 2.24) is 9.97 Å². The van der Waals surface area contributed by atoms with E-state index in [0.29, 0.717) is 0 Å². The molecule has 0 aliphatic carbocycles. The molecule has 7 rings (SSSR count). The highest BCUT2D eigenvalue weighted by molar-refractivity contribution is 6.13. The third-order valence-electron chi connectivity index (χ3n) is 6.87. The molecule has 0 radical (unpaired) electrons. The zero-order valence-electron chi connectivity index (χ0n) is 19.6. The quantitative estimate of drug-likeness (QED) is 0.247. The number of pyridine rings is 2. The van der Waals surface area contributed by atoms with Gasteiger partial charge in [-0.2, -0.15) is 0 Å². The number of hydrogen-bond acceptors (Lipinski definition) is 2. The van der Waals surface area contributed by atoms with Gasteiger partial charge in [-0.15, -0.1) is 0 Å². The normalized spacial score (nSPS) is 11.3. The van der Waals surface area contributed by atoms with Gasteiger partial charge in [0.1, 0.15) is 0 Å². The minimum Gasteiger partial charge on any atom is -0.256 e. The Balaban J connectivity index is 1.44. The standard InChI is InChI=1S/C34H22N2/c1-2-9-23(10-3-1)30-21-33(36-32-18-17-24-11-4-6-15-29(24)34(30)32)27-14-8-13-25(19-27)28-20-26-12-5-7-16-31(26)35-22-28/h1-22H. The highest BCUT2D eigenvalue weighted by Gasteiger charge is 2.13. The van der Waals surface area contributed by atoms with Crippen LogP contribution in [0.2, 0.25) is 0 Å². The molecule has 0 aliphatic rings. The second-order valence-corrected chi connectivity index (χ2v) is 9.10. The van der Waals surface area contributed by atoms with Crippen molar-refractivity contribution >= 4 is 32.6 Å². The highest BCUT2D eigenvalue weighted by atomic mass is 14.7. The lowest BCUT2D eigenvalue weighted by molar-refractivity contribution is 1.39. The lowest BCUT2D eigenvalue weighted by Crippen LogP contribution is -1.92. The van der Waals surface area contributed by atoms with Crippen LogP contribution in [0.4, 0.5) is 0 Å². The van der Waals surface area contributed by atoms with Crippen LogP contribution in [0.1, 0.15) is 0 Å². The van der Waals surface area contributed by atoms with Gasteiger partial charge in [-0.3, -0.25) is 4.98 Å². The Morgan fingerprint density at radius 3 is 2.11 bits per heavy atom. The van der Waals surface area contributed by atoms with Gasteiger partial charge in [-0.25, -0.2) is 4.98 Å². The first-order chi connectivity index (χ1) is 17.8. The van der Waals surface area contributed by atoms with Crippen LogP contribution in [0.3, 0.4) is 0 Å². The molecule has 2 heteroatoms. The topological polar surface area (TPSA) is 25.8 Å². The molecule has 36 heavy (non-hydrogen) atoms. The molecule has 0 spiro atoms. The van der Waals surface area contributed by atoms with Gasteiger partial charge in [0.25, 0.3) is 0 Å². The first-order valence-electron chi connectivity index (χ1n) is 12.2. The molecule has 168 valence electrons. The summed E-state index contributed by atoms with van der Waals surface area (Å²) < 4.78 is 0. The van der Waals surface area contributed by atoms with Crippen LogP contribution in [-0.2, 0) is 0 Å². The van der Waals surface area contributed by atoms with Gasteiger partial charge in [0, 0.05) is 28.1 Å². The van der Waals surface area contributed by atoms with E-state index in [9.17, 15) is 0 Å². The van der Waals surface area contributed by atoms with E-state index in [1.165, 1.54) is 27.3 Å². The Bertz CT molecular complexity index is 1890. The van der Waals surface area contributed by atoms with Crippen LogP contribution in [0.25, 0.3) is 66.1 Å². The molecule has 2 nitrogen and oxygen atoms in total. The number of rotatable bonds is 3. The number of nitrogens with zero attached hydrogens (tertiary/aromatic N) is 2. The summed E-state index contributed by atoms with van der Waals surface area (Å²) in [5.41, 5.74) is 8.69. The lowest BCUT2D eigenvalue weighted by atomic mass is 9.94. The van der Waals surface area contributed by atoms with Crippen LogP contribution >= 0.6 is 0 Å². The second kappa shape index (κ2) is 8.44. The molecule has 2 heterocycles. The lowest BCUT2D eigenvalue weighted by Gasteiger charge is -2.13. The summed E-state index contributed by atoms with van der Waals surface area (Å²) in [6.45, 7) is 0. The van der Waals surface area contributed by atoms with Crippen molar-refractivity contribution in [2.45, 2.75) is 0 Å². The van der Waals surface area contributed by atoms with Crippen molar-refractivity contribution in [2.24, 2.45) is 0 Å². The monoisotopic (exact) mass is 458 g/mol. The maximum Gasteiger partial charge on any atom is 0.0722 e. The van der Waals surface area contributed by atoms with Crippen molar-refractivity contribution in [2.75, 3.05) is 0 Å². The van der Waals surface area contributed by atoms with E-state index in [4.69, 9.17) is 4.98 Å². The van der Waals surface area contributed by atoms with Gasteiger partial charge in [0.05, 0.1) is 16.7 Å². The van der Waals surface area contributed by atoms with Crippen molar-refractivity contribution in [1.29, 1.82) is 0 Å². The third-order valence-corrected chi connectivity index (χ3v) is 6.87.